The number of phenolic OH excluding ortho intramolecular Hbond substituents is 2. The molecule has 5 rings (SSSR count). The number of primary amides is 1. The second kappa shape index (κ2) is 26.6. The van der Waals surface area contributed by atoms with Crippen molar-refractivity contribution in [1.82, 2.24) is 36.4 Å². The van der Waals surface area contributed by atoms with Crippen LogP contribution in [0.15, 0.2) is 78.9 Å². The minimum absolute atomic E-state index is 0.0591. The van der Waals surface area contributed by atoms with Gasteiger partial charge >= 0.3 is 5.97 Å². The number of rotatable bonds is 16. The molecular formula is C53H70N8O14. The predicted octanol–water partition coefficient (Wildman–Crippen LogP) is -0.0401. The predicted molar refractivity (Wildman–Crippen MR) is 270 cm³/mol. The number of likely N-dealkylation sites (N-methyl/N-ethyl adjacent to an activating group) is 1. The molecule has 2 aliphatic heterocycles. The Kier molecular flexibility index (Phi) is 20.7. The first kappa shape index (κ1) is 58.3. The minimum Gasteiger partial charge on any atom is -0.508 e. The van der Waals surface area contributed by atoms with Crippen molar-refractivity contribution >= 4 is 53.2 Å². The van der Waals surface area contributed by atoms with Crippen molar-refractivity contribution < 1.29 is 68.3 Å². The zero-order valence-corrected chi connectivity index (χ0v) is 42.9. The van der Waals surface area contributed by atoms with Crippen molar-refractivity contribution in [2.45, 2.75) is 147 Å². The fourth-order valence-corrected chi connectivity index (χ4v) is 8.93. The van der Waals surface area contributed by atoms with Gasteiger partial charge in [0.2, 0.25) is 47.3 Å². The van der Waals surface area contributed by atoms with Crippen LogP contribution in [0.2, 0.25) is 0 Å². The van der Waals surface area contributed by atoms with Crippen LogP contribution in [0, 0.1) is 11.8 Å². The van der Waals surface area contributed by atoms with Crippen LogP contribution in [0.1, 0.15) is 83.4 Å². The number of nitrogens with zero attached hydrogens (tertiary/aromatic N) is 2. The average molecular weight is 1040 g/mol. The molecule has 11 N–H and O–H groups in total. The molecule has 2 aliphatic rings. The van der Waals surface area contributed by atoms with Gasteiger partial charge in [0.05, 0.1) is 0 Å². The van der Waals surface area contributed by atoms with Gasteiger partial charge in [-0.1, -0.05) is 88.7 Å². The standard InChI is InChI=1S/C53H70N8O14/c1-7-29(4)45-52(73)60(6)39(26-31-11-9-8-10-12-31)48(69)58-43(28(2)3)53(74)75-30(5)44(59-46(67)36(21-23-41(54)65)55-49(70)40(64)27-33-15-19-35(63)20-16-33)50(71)57-38(25-32-13-17-34(62)18-14-32)47(68)56-37-22-24-42(66)61(45)51(37)72/h8-20,28-30,36-40,42-45,62-64,66H,7,21-27H2,1-6H3,(H2,54,65)(H,55,70)(H,56,68)(H,57,71)(H,58,69)(H,59,67)/t29-,30-,36+,37+,38+,39+,40+,42-,43+,44+,45+/m1/s1. The molecule has 0 aliphatic carbocycles. The molecule has 22 nitrogen and oxygen atoms in total. The van der Waals surface area contributed by atoms with Gasteiger partial charge in [0.25, 0.3) is 0 Å². The topological polar surface area (TPSA) is 336 Å². The van der Waals surface area contributed by atoms with E-state index in [1.165, 1.54) is 67.4 Å². The van der Waals surface area contributed by atoms with Crippen LogP contribution in [0.5, 0.6) is 11.5 Å². The average Bonchev–Trinajstić information content (AvgIpc) is 3.37. The van der Waals surface area contributed by atoms with Crippen molar-refractivity contribution in [3.8, 4) is 11.5 Å². The zero-order chi connectivity index (χ0) is 55.3. The number of hydrogen-bond acceptors (Lipinski definition) is 14. The van der Waals surface area contributed by atoms with Gasteiger partial charge in [-0.15, -0.1) is 0 Å². The van der Waals surface area contributed by atoms with Crippen LogP contribution in [0.25, 0.3) is 0 Å². The van der Waals surface area contributed by atoms with Gasteiger partial charge in [-0.05, 0) is 79.0 Å². The molecule has 2 fully saturated rings. The van der Waals surface area contributed by atoms with E-state index in [1.807, 2.05) is 0 Å². The maximum atomic E-state index is 14.9. The van der Waals surface area contributed by atoms with Gasteiger partial charge in [0, 0.05) is 32.7 Å². The first-order valence-electron chi connectivity index (χ1n) is 25.0. The quantitative estimate of drug-likeness (QED) is 0.0843. The fourth-order valence-electron chi connectivity index (χ4n) is 8.93. The Morgan fingerprint density at radius 2 is 1.37 bits per heavy atom. The number of nitrogens with one attached hydrogen (secondary N) is 5. The number of ether oxygens (including phenoxy) is 1. The lowest BCUT2D eigenvalue weighted by Crippen LogP contribution is -2.66. The monoisotopic (exact) mass is 1040 g/mol. The maximum Gasteiger partial charge on any atom is 0.329 e. The van der Waals surface area contributed by atoms with Crippen molar-refractivity contribution in [2.24, 2.45) is 17.6 Å². The molecule has 11 atom stereocenters. The molecule has 2 heterocycles. The lowest BCUT2D eigenvalue weighted by molar-refractivity contribution is -0.168. The third kappa shape index (κ3) is 15.7. The molecule has 2 bridgehead atoms. The number of carbonyl (C=O) groups excluding carboxylic acids is 9. The van der Waals surface area contributed by atoms with Crippen molar-refractivity contribution in [3.63, 3.8) is 0 Å². The molecule has 2 saturated heterocycles. The summed E-state index contributed by atoms with van der Waals surface area (Å²) in [5.74, 6) is -9.96. The minimum atomic E-state index is -1.91. The van der Waals surface area contributed by atoms with Crippen LogP contribution in [0.4, 0.5) is 0 Å². The number of benzene rings is 3. The Labute approximate surface area is 435 Å². The maximum absolute atomic E-state index is 14.9. The number of fused-ring (bicyclic) bond motifs is 2. The number of cyclic esters (lactones) is 1. The number of piperidine rings is 1. The fraction of sp³-hybridized carbons (Fsp3) is 0.491. The Morgan fingerprint density at radius 3 is 1.96 bits per heavy atom. The number of nitrogens with two attached hydrogens (primary N) is 1. The first-order chi connectivity index (χ1) is 35.5. The molecule has 22 heteroatoms. The van der Waals surface area contributed by atoms with Crippen molar-refractivity contribution in [3.05, 3.63) is 95.6 Å². The molecule has 0 spiro atoms. The number of aromatic hydroxyl groups is 2. The highest BCUT2D eigenvalue weighted by atomic mass is 16.5. The van der Waals surface area contributed by atoms with Crippen LogP contribution in [0.3, 0.4) is 0 Å². The number of aliphatic hydroxyl groups is 2. The number of phenols is 2. The molecular weight excluding hydrogens is 973 g/mol. The molecule has 3 aromatic rings. The summed E-state index contributed by atoms with van der Waals surface area (Å²) in [7, 11) is 1.38. The van der Waals surface area contributed by atoms with E-state index in [0.29, 0.717) is 23.1 Å². The third-order valence-corrected chi connectivity index (χ3v) is 13.6. The van der Waals surface area contributed by atoms with Crippen LogP contribution in [-0.4, -0.2) is 151 Å². The van der Waals surface area contributed by atoms with Crippen molar-refractivity contribution in [2.75, 3.05) is 7.05 Å². The Balaban J connectivity index is 1.60. The van der Waals surface area contributed by atoms with E-state index in [4.69, 9.17) is 10.5 Å². The van der Waals surface area contributed by atoms with Gasteiger partial charge in [-0.3, -0.25) is 38.4 Å². The largest absolute Gasteiger partial charge is 0.508 e. The van der Waals surface area contributed by atoms with Gasteiger partial charge < -0.3 is 67.3 Å². The number of esters is 1. The highest BCUT2D eigenvalue weighted by molar-refractivity contribution is 5.98. The molecule has 8 amide bonds. The van der Waals surface area contributed by atoms with Gasteiger partial charge in [-0.2, -0.15) is 0 Å². The Hall–Kier alpha value is -7.59. The molecule has 406 valence electrons. The van der Waals surface area contributed by atoms with Gasteiger partial charge in [0.15, 0.2) is 0 Å². The summed E-state index contributed by atoms with van der Waals surface area (Å²) in [6.45, 7) is 7.95. The molecule has 0 unspecified atom stereocenters. The second-order valence-corrected chi connectivity index (χ2v) is 19.6. The van der Waals surface area contributed by atoms with E-state index < -0.39 is 139 Å². The number of hydrogen-bond donors (Lipinski definition) is 10. The number of aliphatic hydroxyl groups excluding tert-OH is 2. The number of carbonyl (C=O) groups is 9. The summed E-state index contributed by atoms with van der Waals surface area (Å²) < 4.78 is 5.90. The normalized spacial score (nSPS) is 24.5. The number of amides is 8. The lowest BCUT2D eigenvalue weighted by atomic mass is 9.91. The third-order valence-electron chi connectivity index (χ3n) is 13.6. The van der Waals surface area contributed by atoms with Crippen LogP contribution < -0.4 is 32.3 Å². The summed E-state index contributed by atoms with van der Waals surface area (Å²) in [6.07, 6.45) is -6.22. The van der Waals surface area contributed by atoms with E-state index in [9.17, 15) is 63.6 Å². The molecule has 75 heavy (non-hydrogen) atoms. The van der Waals surface area contributed by atoms with E-state index >= 15 is 0 Å². The van der Waals surface area contributed by atoms with Gasteiger partial charge in [0.1, 0.15) is 72.2 Å². The molecule has 3 aromatic carbocycles. The van der Waals surface area contributed by atoms with Crippen molar-refractivity contribution in [1.29, 1.82) is 0 Å². The summed E-state index contributed by atoms with van der Waals surface area (Å²) in [5.41, 5.74) is 6.91. The highest BCUT2D eigenvalue weighted by Crippen LogP contribution is 2.28. The SMILES string of the molecule is CC[C@@H](C)[C@H]1C(=O)N(C)[C@@H](Cc2ccccc2)C(=O)N[C@@H](C(C)C)C(=O)O[C@H](C)[C@H](NC(=O)[C@H](CCC(N)=O)NC(=O)[C@@H](O)Cc2ccc(O)cc2)C(=O)N[C@@H](Cc2ccc(O)cc2)C(=O)N[C@H]2CC[C@@H](O)N1C2=O. The summed E-state index contributed by atoms with van der Waals surface area (Å²) in [6, 6.07) is 9.38. The molecule has 0 radical (unpaired) electrons. The zero-order valence-electron chi connectivity index (χ0n) is 42.9. The van der Waals surface area contributed by atoms with E-state index in [0.717, 1.165) is 4.90 Å². The summed E-state index contributed by atoms with van der Waals surface area (Å²) >= 11 is 0. The van der Waals surface area contributed by atoms with Crippen LogP contribution in [-0.2, 0) is 67.2 Å². The second-order valence-electron chi connectivity index (χ2n) is 19.6. The van der Waals surface area contributed by atoms with Crippen LogP contribution >= 0.6 is 0 Å². The smallest absolute Gasteiger partial charge is 0.329 e. The summed E-state index contributed by atoms with van der Waals surface area (Å²) in [4.78, 5) is 130. The first-order valence-corrected chi connectivity index (χ1v) is 25.0. The van der Waals surface area contributed by atoms with Gasteiger partial charge in [-0.25, -0.2) is 4.79 Å². The highest BCUT2D eigenvalue weighted by Gasteiger charge is 2.47. The summed E-state index contributed by atoms with van der Waals surface area (Å²) in [5, 5.41) is 55.0. The van der Waals surface area contributed by atoms with E-state index in [1.54, 1.807) is 58.0 Å². The Bertz CT molecular complexity index is 2510. The Morgan fingerprint density at radius 1 is 0.773 bits per heavy atom. The van der Waals surface area contributed by atoms with E-state index in [-0.39, 0.29) is 43.6 Å². The lowest BCUT2D eigenvalue weighted by Gasteiger charge is -2.44. The van der Waals surface area contributed by atoms with E-state index in [2.05, 4.69) is 26.6 Å². The molecule has 0 aromatic heterocycles. The molecule has 0 saturated carbocycles.